The standard InChI is InChI=1S/C13H14N2O2.CH4/c1-12(2)8-5-6-13(12,9(16)7-8)10(17)11(14-3)15-4;/h8,11H,5-7H2,1-2H3;1H4. The Bertz CT molecular complexity index is 467. The Labute approximate surface area is 108 Å². The maximum atomic E-state index is 12.4. The lowest BCUT2D eigenvalue weighted by Crippen LogP contribution is -2.46. The number of hydrogen-bond donors (Lipinski definition) is 0. The maximum Gasteiger partial charge on any atom is 0.536 e. The molecule has 4 nitrogen and oxygen atoms in total. The van der Waals surface area contributed by atoms with Gasteiger partial charge in [0.15, 0.2) is 0 Å². The minimum absolute atomic E-state index is 0. The zero-order valence-electron chi connectivity index (χ0n) is 9.99. The summed E-state index contributed by atoms with van der Waals surface area (Å²) in [6.07, 6.45) is 0.466. The third-order valence-electron chi connectivity index (χ3n) is 4.80. The SMILES string of the molecule is C.[C-]#[N+]C([N+]#[C-])C(=O)C12CCC(CC1=O)C2(C)C. The number of nitrogens with zero attached hydrogens (tertiary/aromatic N) is 2. The lowest BCUT2D eigenvalue weighted by Gasteiger charge is -2.32. The van der Waals surface area contributed by atoms with Crippen molar-refractivity contribution in [2.24, 2.45) is 16.7 Å². The van der Waals surface area contributed by atoms with Gasteiger partial charge in [-0.3, -0.25) is 9.59 Å². The van der Waals surface area contributed by atoms with Crippen LogP contribution in [0.15, 0.2) is 0 Å². The Morgan fingerprint density at radius 2 is 1.94 bits per heavy atom. The highest BCUT2D eigenvalue weighted by molar-refractivity contribution is 6.13. The molecule has 0 amide bonds. The van der Waals surface area contributed by atoms with Crippen LogP contribution in [0.25, 0.3) is 9.69 Å². The van der Waals surface area contributed by atoms with Crippen LogP contribution in [-0.4, -0.2) is 17.7 Å². The van der Waals surface area contributed by atoms with E-state index < -0.39 is 22.8 Å². The second kappa shape index (κ2) is 4.21. The van der Waals surface area contributed by atoms with E-state index in [1.807, 2.05) is 13.8 Å². The summed E-state index contributed by atoms with van der Waals surface area (Å²) < 4.78 is 0. The maximum absolute atomic E-state index is 12.4. The Kier molecular flexibility index (Phi) is 3.36. The average molecular weight is 246 g/mol. The van der Waals surface area contributed by atoms with Crippen molar-refractivity contribution < 1.29 is 9.59 Å². The molecule has 18 heavy (non-hydrogen) atoms. The molecule has 2 aliphatic rings. The molecule has 2 atom stereocenters. The molecule has 2 fully saturated rings. The molecule has 0 radical (unpaired) electrons. The van der Waals surface area contributed by atoms with E-state index in [4.69, 9.17) is 13.1 Å². The van der Waals surface area contributed by atoms with E-state index in [-0.39, 0.29) is 19.1 Å². The molecule has 2 unspecified atom stereocenters. The molecule has 2 aliphatic carbocycles. The molecule has 96 valence electrons. The van der Waals surface area contributed by atoms with Gasteiger partial charge in [0.05, 0.1) is 0 Å². The summed E-state index contributed by atoms with van der Waals surface area (Å²) in [7, 11) is 0. The fourth-order valence-corrected chi connectivity index (χ4v) is 3.62. The molecular weight excluding hydrogens is 228 g/mol. The molecule has 0 aromatic heterocycles. The third kappa shape index (κ3) is 1.35. The van der Waals surface area contributed by atoms with E-state index in [0.29, 0.717) is 12.8 Å². The molecule has 0 aliphatic heterocycles. The largest absolute Gasteiger partial charge is 0.536 e. The Morgan fingerprint density at radius 1 is 1.39 bits per heavy atom. The summed E-state index contributed by atoms with van der Waals surface area (Å²) in [5.41, 5.74) is -1.45. The van der Waals surface area contributed by atoms with Gasteiger partial charge < -0.3 is 0 Å². The first-order valence-electron chi connectivity index (χ1n) is 5.72. The molecule has 2 bridgehead atoms. The predicted molar refractivity (Wildman–Crippen MR) is 67.3 cm³/mol. The Hall–Kier alpha value is -1.68. The summed E-state index contributed by atoms with van der Waals surface area (Å²) >= 11 is 0. The monoisotopic (exact) mass is 246 g/mol. The van der Waals surface area contributed by atoms with Crippen LogP contribution >= 0.6 is 0 Å². The van der Waals surface area contributed by atoms with Crippen LogP contribution in [0.2, 0.25) is 0 Å². The zero-order chi connectivity index (χ0) is 12.8. The van der Waals surface area contributed by atoms with Gasteiger partial charge in [0, 0.05) is 6.42 Å². The van der Waals surface area contributed by atoms with E-state index in [0.717, 1.165) is 6.42 Å². The van der Waals surface area contributed by atoms with Crippen molar-refractivity contribution in [2.75, 3.05) is 0 Å². The van der Waals surface area contributed by atoms with E-state index >= 15 is 0 Å². The summed E-state index contributed by atoms with van der Waals surface area (Å²) in [6.45, 7) is 17.7. The summed E-state index contributed by atoms with van der Waals surface area (Å²) in [6, 6.07) is 0. The predicted octanol–water partition coefficient (Wildman–Crippen LogP) is 2.75. The fraction of sp³-hybridized carbons (Fsp3) is 0.714. The van der Waals surface area contributed by atoms with Gasteiger partial charge in [-0.1, -0.05) is 21.3 Å². The van der Waals surface area contributed by atoms with Gasteiger partial charge in [-0.2, -0.15) is 0 Å². The smallest absolute Gasteiger partial charge is 0.299 e. The number of ketones is 2. The molecule has 2 saturated carbocycles. The van der Waals surface area contributed by atoms with Gasteiger partial charge in [0.2, 0.25) is 0 Å². The van der Waals surface area contributed by atoms with Crippen LogP contribution in [0.1, 0.15) is 40.5 Å². The van der Waals surface area contributed by atoms with Gasteiger partial charge in [-0.05, 0) is 24.2 Å². The van der Waals surface area contributed by atoms with Crippen molar-refractivity contribution in [3.8, 4) is 0 Å². The van der Waals surface area contributed by atoms with Crippen molar-refractivity contribution in [1.82, 2.24) is 0 Å². The molecule has 0 N–H and O–H groups in total. The van der Waals surface area contributed by atoms with Crippen molar-refractivity contribution >= 4 is 11.6 Å². The van der Waals surface area contributed by atoms with Gasteiger partial charge in [-0.25, -0.2) is 22.8 Å². The number of hydrogen-bond acceptors (Lipinski definition) is 2. The first kappa shape index (κ1) is 14.4. The lowest BCUT2D eigenvalue weighted by atomic mass is 9.65. The van der Waals surface area contributed by atoms with Crippen molar-refractivity contribution in [3.05, 3.63) is 22.8 Å². The number of fused-ring (bicyclic) bond motifs is 2. The van der Waals surface area contributed by atoms with Crippen LogP contribution in [0.5, 0.6) is 0 Å². The fourth-order valence-electron chi connectivity index (χ4n) is 3.62. The van der Waals surface area contributed by atoms with Gasteiger partial charge in [0.25, 0.3) is 0 Å². The van der Waals surface area contributed by atoms with Gasteiger partial charge in [0.1, 0.15) is 11.2 Å². The van der Waals surface area contributed by atoms with Crippen LogP contribution in [0.3, 0.4) is 0 Å². The quantitative estimate of drug-likeness (QED) is 0.555. The summed E-state index contributed by atoms with van der Waals surface area (Å²) in [5, 5.41) is 0. The highest BCUT2D eigenvalue weighted by Crippen LogP contribution is 2.64. The second-order valence-corrected chi connectivity index (χ2v) is 5.49. The Morgan fingerprint density at radius 3 is 2.28 bits per heavy atom. The lowest BCUT2D eigenvalue weighted by molar-refractivity contribution is -0.143. The third-order valence-corrected chi connectivity index (χ3v) is 4.80. The van der Waals surface area contributed by atoms with E-state index in [2.05, 4.69) is 9.69 Å². The Balaban J connectivity index is 0.00000162. The molecule has 4 heteroatoms. The zero-order valence-corrected chi connectivity index (χ0v) is 9.99. The van der Waals surface area contributed by atoms with Crippen molar-refractivity contribution in [1.29, 1.82) is 0 Å². The van der Waals surface area contributed by atoms with Crippen LogP contribution < -0.4 is 0 Å². The van der Waals surface area contributed by atoms with E-state index in [1.54, 1.807) is 0 Å². The van der Waals surface area contributed by atoms with E-state index in [9.17, 15) is 9.59 Å². The number of rotatable bonds is 2. The topological polar surface area (TPSA) is 42.9 Å². The summed E-state index contributed by atoms with van der Waals surface area (Å²) in [4.78, 5) is 30.6. The second-order valence-electron chi connectivity index (χ2n) is 5.49. The molecule has 0 saturated heterocycles. The highest BCUT2D eigenvalue weighted by atomic mass is 16.2. The number of carbonyl (C=O) groups is 2. The molecule has 2 rings (SSSR count). The van der Waals surface area contributed by atoms with Crippen LogP contribution in [0, 0.1) is 29.9 Å². The van der Waals surface area contributed by atoms with Crippen molar-refractivity contribution in [3.63, 3.8) is 0 Å². The summed E-state index contributed by atoms with van der Waals surface area (Å²) in [5.74, 6) is -0.283. The average Bonchev–Trinajstić information content (AvgIpc) is 2.64. The first-order chi connectivity index (χ1) is 7.91. The van der Waals surface area contributed by atoms with E-state index in [1.165, 1.54) is 0 Å². The molecule has 0 aromatic carbocycles. The molecule has 0 spiro atoms. The van der Waals surface area contributed by atoms with Gasteiger partial charge >= 0.3 is 11.9 Å². The van der Waals surface area contributed by atoms with Crippen molar-refractivity contribution in [2.45, 2.75) is 46.7 Å². The number of Topliss-reactive ketones (excluding diaryl/α,β-unsaturated/α-hetero) is 2. The molecule has 0 aromatic rings. The van der Waals surface area contributed by atoms with Crippen LogP contribution in [0.4, 0.5) is 0 Å². The molecule has 0 heterocycles. The minimum atomic E-state index is -1.34. The first-order valence-corrected chi connectivity index (χ1v) is 5.72. The minimum Gasteiger partial charge on any atom is -0.299 e. The number of carbonyl (C=O) groups excluding carboxylic acids is 2. The van der Waals surface area contributed by atoms with Gasteiger partial charge in [-0.15, -0.1) is 0 Å². The highest BCUT2D eigenvalue weighted by Gasteiger charge is 2.71. The molecular formula is C14H18N2O2. The van der Waals surface area contributed by atoms with Crippen LogP contribution in [-0.2, 0) is 9.59 Å². The normalized spacial score (nSPS) is 31.6.